The van der Waals surface area contributed by atoms with Gasteiger partial charge in [0.1, 0.15) is 5.82 Å². The van der Waals surface area contributed by atoms with Crippen LogP contribution >= 0.6 is 0 Å². The first-order valence-electron chi connectivity index (χ1n) is 13.7. The lowest BCUT2D eigenvalue weighted by molar-refractivity contribution is 0.201. The fraction of sp³-hybridized carbons (Fsp3) is 0.467. The summed E-state index contributed by atoms with van der Waals surface area (Å²) in [6.45, 7) is 0. The Balaban J connectivity index is 1.13. The predicted molar refractivity (Wildman–Crippen MR) is 154 cm³/mol. The van der Waals surface area contributed by atoms with Crippen molar-refractivity contribution in [1.29, 1.82) is 0 Å². The summed E-state index contributed by atoms with van der Waals surface area (Å²) in [6.07, 6.45) is 8.50. The van der Waals surface area contributed by atoms with E-state index in [0.29, 0.717) is 23.2 Å². The lowest BCUT2D eigenvalue weighted by Gasteiger charge is -2.30. The Hall–Kier alpha value is -3.68. The number of nitrogens with zero attached hydrogens (tertiary/aromatic N) is 2. The SMILES string of the molecule is COc1ccc(NC(=O)NC2CCC(Nc3cc(N(C)C)c4ccccc4n3)CC2)cc1OC1CCCC1. The van der Waals surface area contributed by atoms with Gasteiger partial charge in [0, 0.05) is 55.1 Å². The van der Waals surface area contributed by atoms with E-state index < -0.39 is 0 Å². The molecule has 2 aliphatic rings. The van der Waals surface area contributed by atoms with Crippen molar-refractivity contribution in [1.82, 2.24) is 10.3 Å². The van der Waals surface area contributed by atoms with E-state index in [-0.39, 0.29) is 18.2 Å². The minimum atomic E-state index is -0.190. The molecule has 2 saturated carbocycles. The van der Waals surface area contributed by atoms with Crippen LogP contribution in [0, 0.1) is 0 Å². The van der Waals surface area contributed by atoms with Gasteiger partial charge < -0.3 is 30.3 Å². The first-order chi connectivity index (χ1) is 18.5. The number of anilines is 3. The average Bonchev–Trinajstić information content (AvgIpc) is 3.42. The number of urea groups is 1. The first-order valence-corrected chi connectivity index (χ1v) is 13.7. The molecule has 5 rings (SSSR count). The summed E-state index contributed by atoms with van der Waals surface area (Å²) in [7, 11) is 5.75. The van der Waals surface area contributed by atoms with E-state index in [9.17, 15) is 4.79 Å². The van der Waals surface area contributed by atoms with Gasteiger partial charge in [0.05, 0.1) is 18.7 Å². The minimum Gasteiger partial charge on any atom is -0.493 e. The van der Waals surface area contributed by atoms with E-state index >= 15 is 0 Å². The van der Waals surface area contributed by atoms with E-state index in [2.05, 4.69) is 53.1 Å². The summed E-state index contributed by atoms with van der Waals surface area (Å²) < 4.78 is 11.6. The molecule has 1 heterocycles. The van der Waals surface area contributed by atoms with Crippen molar-refractivity contribution in [3.8, 4) is 11.5 Å². The van der Waals surface area contributed by atoms with E-state index in [1.807, 2.05) is 30.3 Å². The van der Waals surface area contributed by atoms with Gasteiger partial charge in [-0.3, -0.25) is 0 Å². The molecule has 0 aliphatic heterocycles. The molecule has 3 N–H and O–H groups in total. The molecule has 0 spiro atoms. The zero-order chi connectivity index (χ0) is 26.5. The molecule has 2 aliphatic carbocycles. The maximum absolute atomic E-state index is 12.8. The summed E-state index contributed by atoms with van der Waals surface area (Å²) >= 11 is 0. The lowest BCUT2D eigenvalue weighted by Crippen LogP contribution is -2.42. The molecule has 8 heteroatoms. The van der Waals surface area contributed by atoms with Gasteiger partial charge in [-0.15, -0.1) is 0 Å². The molecule has 2 aromatic carbocycles. The summed E-state index contributed by atoms with van der Waals surface area (Å²) in [4.78, 5) is 19.7. The molecule has 0 saturated heterocycles. The number of amides is 2. The van der Waals surface area contributed by atoms with Gasteiger partial charge in [-0.1, -0.05) is 18.2 Å². The molecular weight excluding hydrogens is 478 g/mol. The second-order valence-corrected chi connectivity index (χ2v) is 10.6. The van der Waals surface area contributed by atoms with Crippen LogP contribution in [0.25, 0.3) is 10.9 Å². The van der Waals surface area contributed by atoms with Crippen LogP contribution in [0.2, 0.25) is 0 Å². The molecule has 0 unspecified atom stereocenters. The fourth-order valence-corrected chi connectivity index (χ4v) is 5.58. The van der Waals surface area contributed by atoms with Gasteiger partial charge in [0.2, 0.25) is 0 Å². The highest BCUT2D eigenvalue weighted by Crippen LogP contribution is 2.34. The molecule has 2 amide bonds. The Morgan fingerprint density at radius 1 is 0.921 bits per heavy atom. The Bertz CT molecular complexity index is 1250. The van der Waals surface area contributed by atoms with Crippen LogP contribution < -0.4 is 30.3 Å². The third-order valence-corrected chi connectivity index (χ3v) is 7.61. The molecule has 202 valence electrons. The van der Waals surface area contributed by atoms with Gasteiger partial charge in [-0.2, -0.15) is 0 Å². The maximum Gasteiger partial charge on any atom is 0.319 e. The van der Waals surface area contributed by atoms with Crippen LogP contribution in [0.3, 0.4) is 0 Å². The zero-order valence-corrected chi connectivity index (χ0v) is 22.6. The number of carbonyl (C=O) groups excluding carboxylic acids is 1. The smallest absolute Gasteiger partial charge is 0.319 e. The number of hydrogen-bond acceptors (Lipinski definition) is 6. The molecular formula is C30H39N5O3. The van der Waals surface area contributed by atoms with Crippen molar-refractivity contribution in [2.75, 3.05) is 36.7 Å². The molecule has 8 nitrogen and oxygen atoms in total. The summed E-state index contributed by atoms with van der Waals surface area (Å²) in [5.74, 6) is 2.27. The highest BCUT2D eigenvalue weighted by atomic mass is 16.5. The topological polar surface area (TPSA) is 87.8 Å². The van der Waals surface area contributed by atoms with Crippen molar-refractivity contribution >= 4 is 34.1 Å². The molecule has 1 aromatic heterocycles. The van der Waals surface area contributed by atoms with Crippen molar-refractivity contribution in [3.05, 3.63) is 48.5 Å². The van der Waals surface area contributed by atoms with Crippen molar-refractivity contribution in [2.45, 2.75) is 69.6 Å². The number of carbonyl (C=O) groups is 1. The van der Waals surface area contributed by atoms with Gasteiger partial charge >= 0.3 is 6.03 Å². The largest absolute Gasteiger partial charge is 0.493 e. The van der Waals surface area contributed by atoms with Gasteiger partial charge in [-0.05, 0) is 69.6 Å². The molecule has 2 fully saturated rings. The quantitative estimate of drug-likeness (QED) is 0.331. The normalized spacial score (nSPS) is 19.7. The van der Waals surface area contributed by atoms with Crippen LogP contribution in [0.5, 0.6) is 11.5 Å². The zero-order valence-electron chi connectivity index (χ0n) is 22.6. The molecule has 0 radical (unpaired) electrons. The number of methoxy groups -OCH3 is 1. The van der Waals surface area contributed by atoms with Crippen molar-refractivity contribution < 1.29 is 14.3 Å². The van der Waals surface area contributed by atoms with Gasteiger partial charge in [0.15, 0.2) is 11.5 Å². The standard InChI is InChI=1S/C30H39N5O3/c1-35(2)26-19-29(34-25-11-7-6-10-24(25)26)31-20-12-14-21(15-13-20)32-30(36)33-22-16-17-27(37-3)28(18-22)38-23-8-4-5-9-23/h6-7,10-11,16-21,23H,4-5,8-9,12-15H2,1-3H3,(H,31,34)(H2,32,33,36). The van der Waals surface area contributed by atoms with Crippen molar-refractivity contribution in [2.24, 2.45) is 0 Å². The van der Waals surface area contributed by atoms with Crippen LogP contribution in [-0.4, -0.2) is 50.4 Å². The van der Waals surface area contributed by atoms with Crippen LogP contribution in [-0.2, 0) is 0 Å². The number of hydrogen-bond donors (Lipinski definition) is 3. The second-order valence-electron chi connectivity index (χ2n) is 10.6. The Morgan fingerprint density at radius 2 is 1.66 bits per heavy atom. The second kappa shape index (κ2) is 11.8. The Morgan fingerprint density at radius 3 is 2.39 bits per heavy atom. The number of rotatable bonds is 8. The minimum absolute atomic E-state index is 0.141. The summed E-state index contributed by atoms with van der Waals surface area (Å²) in [6, 6.07) is 16.2. The first kappa shape index (κ1) is 25.9. The van der Waals surface area contributed by atoms with Gasteiger partial charge in [-0.25, -0.2) is 9.78 Å². The number of fused-ring (bicyclic) bond motifs is 1. The molecule has 0 atom stereocenters. The monoisotopic (exact) mass is 517 g/mol. The molecule has 38 heavy (non-hydrogen) atoms. The number of nitrogens with one attached hydrogen (secondary N) is 3. The third-order valence-electron chi connectivity index (χ3n) is 7.61. The van der Waals surface area contributed by atoms with Crippen molar-refractivity contribution in [3.63, 3.8) is 0 Å². The highest BCUT2D eigenvalue weighted by Gasteiger charge is 2.24. The number of pyridine rings is 1. The van der Waals surface area contributed by atoms with E-state index in [0.717, 1.165) is 60.9 Å². The Labute approximate surface area is 225 Å². The molecule has 3 aromatic rings. The third kappa shape index (κ3) is 6.23. The van der Waals surface area contributed by atoms with Gasteiger partial charge in [0.25, 0.3) is 0 Å². The van der Waals surface area contributed by atoms with E-state index in [1.54, 1.807) is 7.11 Å². The number of benzene rings is 2. The van der Waals surface area contributed by atoms with Crippen LogP contribution in [0.15, 0.2) is 48.5 Å². The van der Waals surface area contributed by atoms with E-state index in [4.69, 9.17) is 14.5 Å². The Kier molecular flexibility index (Phi) is 8.05. The number of aromatic nitrogens is 1. The highest BCUT2D eigenvalue weighted by molar-refractivity contribution is 5.93. The maximum atomic E-state index is 12.8. The average molecular weight is 518 g/mol. The molecule has 0 bridgehead atoms. The number of ether oxygens (including phenoxy) is 2. The predicted octanol–water partition coefficient (Wildman–Crippen LogP) is 6.18. The summed E-state index contributed by atoms with van der Waals surface area (Å²) in [5, 5.41) is 10.9. The lowest BCUT2D eigenvalue weighted by atomic mass is 9.91. The summed E-state index contributed by atoms with van der Waals surface area (Å²) in [5.41, 5.74) is 2.84. The van der Waals surface area contributed by atoms with Crippen LogP contribution in [0.4, 0.5) is 22.0 Å². The van der Waals surface area contributed by atoms with E-state index in [1.165, 1.54) is 12.8 Å². The number of para-hydroxylation sites is 1. The fourth-order valence-electron chi connectivity index (χ4n) is 5.58. The van der Waals surface area contributed by atoms with Crippen LogP contribution in [0.1, 0.15) is 51.4 Å².